The van der Waals surface area contributed by atoms with E-state index in [1.807, 2.05) is 30.3 Å². The third kappa shape index (κ3) is 7.87. The van der Waals surface area contributed by atoms with E-state index in [0.29, 0.717) is 65.9 Å². The molecule has 0 amide bonds. The monoisotopic (exact) mass is 325 g/mol. The van der Waals surface area contributed by atoms with E-state index in [-0.39, 0.29) is 0 Å². The first-order chi connectivity index (χ1) is 11.3. The van der Waals surface area contributed by atoms with E-state index in [9.17, 15) is 0 Å². The molecule has 1 aliphatic rings. The van der Waals surface area contributed by atoms with Crippen LogP contribution >= 0.6 is 0 Å². The van der Waals surface area contributed by atoms with E-state index in [2.05, 4.69) is 0 Å². The lowest BCUT2D eigenvalue weighted by Crippen LogP contribution is -2.50. The summed E-state index contributed by atoms with van der Waals surface area (Å²) in [6, 6.07) is 10.0. The van der Waals surface area contributed by atoms with E-state index >= 15 is 0 Å². The fraction of sp³-hybridized carbons (Fsp3) is 0.647. The molecule has 0 bridgehead atoms. The first-order valence-corrected chi connectivity index (χ1v) is 8.06. The molecule has 1 aromatic rings. The number of hydrogen-bond acceptors (Lipinski definition) is 6. The predicted octanol–water partition coefficient (Wildman–Crippen LogP) is 0.981. The molecule has 1 saturated heterocycles. The number of benzene rings is 1. The summed E-state index contributed by atoms with van der Waals surface area (Å²) in [5.74, 6) is 0. The van der Waals surface area contributed by atoms with Gasteiger partial charge in [0, 0.05) is 6.42 Å². The molecule has 6 nitrogen and oxygen atoms in total. The van der Waals surface area contributed by atoms with Crippen molar-refractivity contribution >= 4 is 0 Å². The van der Waals surface area contributed by atoms with Crippen LogP contribution in [-0.2, 0) is 30.1 Å². The van der Waals surface area contributed by atoms with Crippen LogP contribution in [0.2, 0.25) is 0 Å². The minimum absolute atomic E-state index is 0.307. The van der Waals surface area contributed by atoms with Gasteiger partial charge in [-0.2, -0.15) is 0 Å². The Balaban J connectivity index is 1.87. The van der Waals surface area contributed by atoms with Crippen molar-refractivity contribution in [2.45, 2.75) is 12.1 Å². The molecule has 1 fully saturated rings. The summed E-state index contributed by atoms with van der Waals surface area (Å²) in [6.45, 7) is 4.41. The van der Waals surface area contributed by atoms with Gasteiger partial charge >= 0.3 is 0 Å². The van der Waals surface area contributed by atoms with Gasteiger partial charge in [0.25, 0.3) is 0 Å². The summed E-state index contributed by atoms with van der Waals surface area (Å²) in [6.07, 6.45) is 0.581. The second-order valence-electron chi connectivity index (χ2n) is 5.47. The fourth-order valence-corrected chi connectivity index (χ4v) is 2.29. The molecule has 0 radical (unpaired) electrons. The van der Waals surface area contributed by atoms with Crippen molar-refractivity contribution in [3.63, 3.8) is 0 Å². The smallest absolute Gasteiger partial charge is 0.144 e. The van der Waals surface area contributed by atoms with Crippen LogP contribution in [0.4, 0.5) is 0 Å². The van der Waals surface area contributed by atoms with E-state index in [1.165, 1.54) is 0 Å². The largest absolute Gasteiger partial charge is 0.377 e. The quantitative estimate of drug-likeness (QED) is 0.874. The lowest BCUT2D eigenvalue weighted by Gasteiger charge is -2.29. The summed E-state index contributed by atoms with van der Waals surface area (Å²) in [7, 11) is 0. The van der Waals surface area contributed by atoms with Crippen LogP contribution in [0, 0.1) is 0 Å². The van der Waals surface area contributed by atoms with Crippen molar-refractivity contribution in [1.82, 2.24) is 0 Å². The van der Waals surface area contributed by atoms with Gasteiger partial charge in [-0.15, -0.1) is 0 Å². The van der Waals surface area contributed by atoms with Gasteiger partial charge in [-0.25, -0.2) is 0 Å². The molecule has 1 unspecified atom stereocenters. The van der Waals surface area contributed by atoms with Crippen LogP contribution < -0.4 is 5.73 Å². The van der Waals surface area contributed by atoms with E-state index in [4.69, 9.17) is 29.4 Å². The van der Waals surface area contributed by atoms with Crippen LogP contribution in [0.25, 0.3) is 0 Å². The van der Waals surface area contributed by atoms with Crippen LogP contribution in [0.5, 0.6) is 0 Å². The number of rotatable bonds is 2. The molecule has 2 rings (SSSR count). The first kappa shape index (κ1) is 18.3. The lowest BCUT2D eigenvalue weighted by molar-refractivity contribution is -0.111. The minimum atomic E-state index is -0.874. The average molecular weight is 325 g/mol. The van der Waals surface area contributed by atoms with Gasteiger partial charge in [-0.3, -0.25) is 0 Å². The maximum Gasteiger partial charge on any atom is 0.144 e. The number of nitrogens with two attached hydrogens (primary N) is 1. The molecular weight excluding hydrogens is 298 g/mol. The second-order valence-corrected chi connectivity index (χ2v) is 5.47. The molecule has 1 aliphatic heterocycles. The Labute approximate surface area is 137 Å². The molecular formula is C17H27NO5. The Morgan fingerprint density at radius 1 is 0.739 bits per heavy atom. The highest BCUT2D eigenvalue weighted by Crippen LogP contribution is 2.13. The topological polar surface area (TPSA) is 72.2 Å². The Kier molecular flexibility index (Phi) is 8.52. The zero-order valence-corrected chi connectivity index (χ0v) is 13.6. The average Bonchev–Trinajstić information content (AvgIpc) is 2.56. The highest BCUT2D eigenvalue weighted by molar-refractivity contribution is 5.16. The van der Waals surface area contributed by atoms with Gasteiger partial charge in [0.15, 0.2) is 0 Å². The van der Waals surface area contributed by atoms with Crippen LogP contribution in [0.1, 0.15) is 5.56 Å². The summed E-state index contributed by atoms with van der Waals surface area (Å²) in [4.78, 5) is 0. The number of ether oxygens (including phenoxy) is 5. The normalized spacial score (nSPS) is 26.1. The van der Waals surface area contributed by atoms with Gasteiger partial charge in [-0.1, -0.05) is 30.3 Å². The summed E-state index contributed by atoms with van der Waals surface area (Å²) in [5, 5.41) is 0. The summed E-state index contributed by atoms with van der Waals surface area (Å²) >= 11 is 0. The van der Waals surface area contributed by atoms with Crippen molar-refractivity contribution in [1.29, 1.82) is 0 Å². The summed E-state index contributed by atoms with van der Waals surface area (Å²) < 4.78 is 27.8. The third-order valence-corrected chi connectivity index (χ3v) is 3.43. The van der Waals surface area contributed by atoms with Gasteiger partial charge < -0.3 is 29.4 Å². The minimum Gasteiger partial charge on any atom is -0.377 e. The van der Waals surface area contributed by atoms with E-state index < -0.39 is 5.72 Å². The van der Waals surface area contributed by atoms with Crippen LogP contribution in [0.3, 0.4) is 0 Å². The maximum absolute atomic E-state index is 6.40. The molecule has 6 heteroatoms. The van der Waals surface area contributed by atoms with Crippen LogP contribution in [-0.4, -0.2) is 65.2 Å². The molecule has 0 saturated carbocycles. The lowest BCUT2D eigenvalue weighted by atomic mass is 10.0. The molecule has 2 N–H and O–H groups in total. The van der Waals surface area contributed by atoms with Gasteiger partial charge in [0.2, 0.25) is 0 Å². The van der Waals surface area contributed by atoms with E-state index in [1.54, 1.807) is 0 Å². The molecule has 0 aliphatic carbocycles. The molecule has 0 spiro atoms. The Morgan fingerprint density at radius 3 is 1.87 bits per heavy atom. The van der Waals surface area contributed by atoms with Crippen molar-refractivity contribution < 1.29 is 23.7 Å². The van der Waals surface area contributed by atoms with Crippen molar-refractivity contribution in [3.05, 3.63) is 35.9 Å². The zero-order chi connectivity index (χ0) is 16.2. The molecule has 23 heavy (non-hydrogen) atoms. The molecule has 1 atom stereocenters. The van der Waals surface area contributed by atoms with Crippen molar-refractivity contribution in [2.24, 2.45) is 5.73 Å². The highest BCUT2D eigenvalue weighted by atomic mass is 16.6. The second kappa shape index (κ2) is 10.7. The third-order valence-electron chi connectivity index (χ3n) is 3.43. The van der Waals surface area contributed by atoms with Gasteiger partial charge in [-0.05, 0) is 5.56 Å². The van der Waals surface area contributed by atoms with Gasteiger partial charge in [0.1, 0.15) is 5.72 Å². The van der Waals surface area contributed by atoms with E-state index in [0.717, 1.165) is 5.56 Å². The van der Waals surface area contributed by atoms with Gasteiger partial charge in [0.05, 0.1) is 59.5 Å². The molecule has 130 valence electrons. The predicted molar refractivity (Wildman–Crippen MR) is 86.3 cm³/mol. The molecule has 1 heterocycles. The highest BCUT2D eigenvalue weighted by Gasteiger charge is 2.26. The van der Waals surface area contributed by atoms with Crippen molar-refractivity contribution in [3.8, 4) is 0 Å². The van der Waals surface area contributed by atoms with Crippen LogP contribution in [0.15, 0.2) is 30.3 Å². The summed E-state index contributed by atoms with van der Waals surface area (Å²) in [5.41, 5.74) is 6.64. The Bertz CT molecular complexity index is 399. The molecule has 0 aromatic heterocycles. The first-order valence-electron chi connectivity index (χ1n) is 8.06. The Morgan fingerprint density at radius 2 is 1.26 bits per heavy atom. The van der Waals surface area contributed by atoms with Crippen molar-refractivity contribution in [2.75, 3.05) is 59.5 Å². The fourth-order valence-electron chi connectivity index (χ4n) is 2.29. The zero-order valence-electron chi connectivity index (χ0n) is 13.6. The number of hydrogen-bond donors (Lipinski definition) is 1. The Hall–Kier alpha value is -1.02. The maximum atomic E-state index is 6.40. The molecule has 1 aromatic carbocycles. The standard InChI is InChI=1S/C17H27NO5/c18-17(14-16-4-2-1-3-5-16)15-22-11-10-20-7-6-19-8-9-21-12-13-23-17/h1-5H,6-15,18H2. The SMILES string of the molecule is NC1(Cc2ccccc2)COCCOCCOCCOCCO1.